The van der Waals surface area contributed by atoms with Crippen molar-refractivity contribution in [2.24, 2.45) is 7.05 Å². The predicted octanol–water partition coefficient (Wildman–Crippen LogP) is 4.87. The van der Waals surface area contributed by atoms with Crippen molar-refractivity contribution in [2.45, 2.75) is 6.61 Å². The number of fused-ring (bicyclic) bond motifs is 1. The van der Waals surface area contributed by atoms with Crippen LogP contribution in [0.1, 0.15) is 5.56 Å². The zero-order chi connectivity index (χ0) is 22.4. The summed E-state index contributed by atoms with van der Waals surface area (Å²) in [4.78, 5) is 4.26. The van der Waals surface area contributed by atoms with E-state index in [1.807, 2.05) is 6.07 Å². The first kappa shape index (κ1) is 20.0. The molecule has 0 atom stereocenters. The minimum absolute atomic E-state index is 0.0811. The third-order valence-corrected chi connectivity index (χ3v) is 5.16. The standard InChI is InChI=1S/C23H15F3N4O2/c1-30-11-27-29-22(30)17-9-15(24)5-6-16(17)12-3-2-4-13(7-12)23-28-18-8-14(10-31)19(25)20(26)21(18)32-23/h2-9,11,31H,10H2,1H3. The monoisotopic (exact) mass is 436 g/mol. The fourth-order valence-corrected chi connectivity index (χ4v) is 3.59. The summed E-state index contributed by atoms with van der Waals surface area (Å²) in [5, 5.41) is 17.2. The smallest absolute Gasteiger partial charge is 0.227 e. The van der Waals surface area contributed by atoms with Gasteiger partial charge in [0.2, 0.25) is 11.7 Å². The van der Waals surface area contributed by atoms with Crippen molar-refractivity contribution >= 4 is 11.1 Å². The van der Waals surface area contributed by atoms with E-state index >= 15 is 0 Å². The summed E-state index contributed by atoms with van der Waals surface area (Å²) in [6.07, 6.45) is 1.52. The highest BCUT2D eigenvalue weighted by molar-refractivity contribution is 5.83. The van der Waals surface area contributed by atoms with Gasteiger partial charge >= 0.3 is 0 Å². The zero-order valence-electron chi connectivity index (χ0n) is 16.7. The maximum absolute atomic E-state index is 14.3. The molecule has 5 rings (SSSR count). The van der Waals surface area contributed by atoms with E-state index in [1.54, 1.807) is 35.9 Å². The van der Waals surface area contributed by atoms with Crippen LogP contribution in [0.5, 0.6) is 0 Å². The number of aliphatic hydroxyl groups excluding tert-OH is 1. The lowest BCUT2D eigenvalue weighted by Crippen LogP contribution is -1.95. The first-order chi connectivity index (χ1) is 15.5. The normalized spacial score (nSPS) is 11.4. The van der Waals surface area contributed by atoms with E-state index in [9.17, 15) is 18.3 Å². The molecule has 0 aliphatic carbocycles. The number of benzene rings is 3. The second-order valence-electron chi connectivity index (χ2n) is 7.23. The van der Waals surface area contributed by atoms with Gasteiger partial charge < -0.3 is 14.1 Å². The molecule has 0 saturated heterocycles. The van der Waals surface area contributed by atoms with Crippen LogP contribution in [0, 0.1) is 17.5 Å². The highest BCUT2D eigenvalue weighted by Crippen LogP contribution is 2.35. The predicted molar refractivity (Wildman–Crippen MR) is 111 cm³/mol. The number of aromatic nitrogens is 4. The second-order valence-corrected chi connectivity index (χ2v) is 7.23. The Bertz CT molecular complexity index is 1480. The Morgan fingerprint density at radius 2 is 1.78 bits per heavy atom. The Morgan fingerprint density at radius 1 is 0.969 bits per heavy atom. The third-order valence-electron chi connectivity index (χ3n) is 5.16. The number of aryl methyl sites for hydroxylation is 1. The van der Waals surface area contributed by atoms with Crippen LogP contribution in [0.2, 0.25) is 0 Å². The van der Waals surface area contributed by atoms with E-state index in [-0.39, 0.29) is 22.6 Å². The SMILES string of the molecule is Cn1cnnc1-c1cc(F)ccc1-c1cccc(-c2nc3cc(CO)c(F)c(F)c3o2)c1. The lowest BCUT2D eigenvalue weighted by Gasteiger charge is -2.10. The van der Waals surface area contributed by atoms with Crippen LogP contribution in [-0.4, -0.2) is 24.9 Å². The first-order valence-electron chi connectivity index (χ1n) is 9.59. The lowest BCUT2D eigenvalue weighted by molar-refractivity contribution is 0.273. The average molecular weight is 436 g/mol. The van der Waals surface area contributed by atoms with Crippen molar-refractivity contribution < 1.29 is 22.7 Å². The van der Waals surface area contributed by atoms with Crippen LogP contribution >= 0.6 is 0 Å². The topological polar surface area (TPSA) is 77.0 Å². The molecule has 0 aliphatic rings. The van der Waals surface area contributed by atoms with Gasteiger partial charge in [0.05, 0.1) is 6.61 Å². The molecule has 3 aromatic carbocycles. The number of nitrogens with zero attached hydrogens (tertiary/aromatic N) is 4. The van der Waals surface area contributed by atoms with Gasteiger partial charge in [-0.05, 0) is 41.5 Å². The van der Waals surface area contributed by atoms with Gasteiger partial charge in [-0.3, -0.25) is 0 Å². The largest absolute Gasteiger partial charge is 0.433 e. The molecule has 0 unspecified atom stereocenters. The van der Waals surface area contributed by atoms with Gasteiger partial charge in [0.15, 0.2) is 17.2 Å². The van der Waals surface area contributed by atoms with Gasteiger partial charge in [-0.25, -0.2) is 13.8 Å². The van der Waals surface area contributed by atoms with E-state index in [0.717, 1.165) is 0 Å². The van der Waals surface area contributed by atoms with Gasteiger partial charge in [-0.1, -0.05) is 18.2 Å². The molecule has 32 heavy (non-hydrogen) atoms. The number of rotatable bonds is 4. The molecule has 2 aromatic heterocycles. The van der Waals surface area contributed by atoms with Crippen LogP contribution in [0.15, 0.2) is 59.3 Å². The maximum Gasteiger partial charge on any atom is 0.227 e. The van der Waals surface area contributed by atoms with Crippen molar-refractivity contribution in [3.8, 4) is 34.0 Å². The van der Waals surface area contributed by atoms with Crippen molar-refractivity contribution in [1.29, 1.82) is 0 Å². The quantitative estimate of drug-likeness (QED) is 0.435. The van der Waals surface area contributed by atoms with E-state index in [4.69, 9.17) is 4.42 Å². The Balaban J connectivity index is 1.64. The molecule has 0 saturated carbocycles. The number of oxazole rings is 1. The Kier molecular flexibility index (Phi) is 4.75. The molecular formula is C23H15F3N4O2. The van der Waals surface area contributed by atoms with Crippen molar-refractivity contribution in [3.05, 3.63) is 77.9 Å². The zero-order valence-corrected chi connectivity index (χ0v) is 16.7. The van der Waals surface area contributed by atoms with Gasteiger partial charge in [-0.2, -0.15) is 4.39 Å². The van der Waals surface area contributed by atoms with Gasteiger partial charge in [-0.15, -0.1) is 10.2 Å². The average Bonchev–Trinajstić information content (AvgIpc) is 3.42. The number of aliphatic hydroxyl groups is 1. The first-order valence-corrected chi connectivity index (χ1v) is 9.59. The minimum atomic E-state index is -1.20. The Labute approximate surface area is 179 Å². The number of hydrogen-bond acceptors (Lipinski definition) is 5. The number of halogens is 3. The summed E-state index contributed by atoms with van der Waals surface area (Å²) in [7, 11) is 1.76. The van der Waals surface area contributed by atoms with E-state index in [0.29, 0.717) is 28.1 Å². The molecule has 6 nitrogen and oxygen atoms in total. The molecular weight excluding hydrogens is 421 g/mol. The molecule has 1 N–H and O–H groups in total. The molecule has 160 valence electrons. The molecule has 9 heteroatoms. The van der Waals surface area contributed by atoms with Crippen LogP contribution < -0.4 is 0 Å². The fourth-order valence-electron chi connectivity index (χ4n) is 3.59. The summed E-state index contributed by atoms with van der Waals surface area (Å²) >= 11 is 0. The second kappa shape index (κ2) is 7.61. The number of hydrogen-bond donors (Lipinski definition) is 1. The molecule has 2 heterocycles. The van der Waals surface area contributed by atoms with Gasteiger partial charge in [0, 0.05) is 23.7 Å². The van der Waals surface area contributed by atoms with Crippen LogP contribution in [0.3, 0.4) is 0 Å². The highest BCUT2D eigenvalue weighted by atomic mass is 19.2. The van der Waals surface area contributed by atoms with Crippen LogP contribution in [-0.2, 0) is 13.7 Å². The van der Waals surface area contributed by atoms with E-state index in [2.05, 4.69) is 15.2 Å². The molecule has 0 radical (unpaired) electrons. The van der Waals surface area contributed by atoms with Crippen molar-refractivity contribution in [3.63, 3.8) is 0 Å². The van der Waals surface area contributed by atoms with E-state index < -0.39 is 24.1 Å². The minimum Gasteiger partial charge on any atom is -0.433 e. The van der Waals surface area contributed by atoms with Gasteiger partial charge in [0.25, 0.3) is 0 Å². The molecule has 0 bridgehead atoms. The molecule has 0 spiro atoms. The summed E-state index contributed by atoms with van der Waals surface area (Å²) < 4.78 is 49.5. The van der Waals surface area contributed by atoms with Gasteiger partial charge in [0.1, 0.15) is 17.7 Å². The summed E-state index contributed by atoms with van der Waals surface area (Å²) in [5.41, 5.74) is 2.02. The molecule has 0 amide bonds. The Morgan fingerprint density at radius 3 is 2.53 bits per heavy atom. The molecule has 0 fully saturated rings. The van der Waals surface area contributed by atoms with Crippen molar-refractivity contribution in [1.82, 2.24) is 19.7 Å². The molecule has 5 aromatic rings. The summed E-state index contributed by atoms with van der Waals surface area (Å²) in [5.74, 6) is -2.22. The van der Waals surface area contributed by atoms with Crippen molar-refractivity contribution in [2.75, 3.05) is 0 Å². The lowest BCUT2D eigenvalue weighted by atomic mass is 9.97. The summed E-state index contributed by atoms with van der Waals surface area (Å²) in [6, 6.07) is 12.6. The van der Waals surface area contributed by atoms with Crippen LogP contribution in [0.25, 0.3) is 45.1 Å². The Hall–Kier alpha value is -3.98. The molecule has 0 aliphatic heterocycles. The summed E-state index contributed by atoms with van der Waals surface area (Å²) in [6.45, 7) is -0.661. The fraction of sp³-hybridized carbons (Fsp3) is 0.0870. The highest BCUT2D eigenvalue weighted by Gasteiger charge is 2.20. The van der Waals surface area contributed by atoms with E-state index in [1.165, 1.54) is 24.5 Å². The third kappa shape index (κ3) is 3.23. The maximum atomic E-state index is 14.3. The van der Waals surface area contributed by atoms with Crippen LogP contribution in [0.4, 0.5) is 13.2 Å².